The molecule has 0 aliphatic rings. The Balaban J connectivity index is 1.52. The molecule has 0 aromatic carbocycles. The van der Waals surface area contributed by atoms with Gasteiger partial charge in [-0.05, 0) is 24.3 Å². The van der Waals surface area contributed by atoms with Crippen LogP contribution in [0.25, 0.3) is 56.1 Å². The molecule has 0 radical (unpaired) electrons. The zero-order valence-electron chi connectivity index (χ0n) is 16.4. The standard InChI is InChI=1S/C21H16N8O2/c1-29-8-13(16(9-30)28-29)14-2-3-15-18(23-14)19(27-26-15)21-24-17-12(11-5-7-31-10-11)4-6-22-20(17)25-21/h2-8,10,30H,9H2,1H3,(H,26,27)(H,22,24,25). The number of fused-ring (bicyclic) bond motifs is 2. The average molecular weight is 412 g/mol. The van der Waals surface area contributed by atoms with E-state index in [1.807, 2.05) is 37.5 Å². The maximum absolute atomic E-state index is 9.63. The maximum atomic E-state index is 9.63. The summed E-state index contributed by atoms with van der Waals surface area (Å²) in [6, 6.07) is 7.56. The summed E-state index contributed by atoms with van der Waals surface area (Å²) in [7, 11) is 1.81. The molecule has 0 unspecified atom stereocenters. The average Bonchev–Trinajstić information content (AvgIpc) is 3.57. The molecule has 6 aromatic rings. The highest BCUT2D eigenvalue weighted by atomic mass is 16.3. The van der Waals surface area contributed by atoms with Crippen LogP contribution in [0.4, 0.5) is 0 Å². The number of H-pyrrole nitrogens is 2. The number of aryl methyl sites for hydroxylation is 1. The van der Waals surface area contributed by atoms with Crippen LogP contribution in [0.3, 0.4) is 0 Å². The molecule has 31 heavy (non-hydrogen) atoms. The van der Waals surface area contributed by atoms with Gasteiger partial charge in [0.05, 0.1) is 36.0 Å². The lowest BCUT2D eigenvalue weighted by Gasteiger charge is -2.00. The molecule has 10 nitrogen and oxygen atoms in total. The van der Waals surface area contributed by atoms with Crippen LogP contribution in [0.1, 0.15) is 5.69 Å². The van der Waals surface area contributed by atoms with Crippen molar-refractivity contribution >= 4 is 22.2 Å². The fraction of sp³-hybridized carbons (Fsp3) is 0.0952. The van der Waals surface area contributed by atoms with Gasteiger partial charge in [0.15, 0.2) is 17.2 Å². The molecule has 0 amide bonds. The highest BCUT2D eigenvalue weighted by Crippen LogP contribution is 2.31. The lowest BCUT2D eigenvalue weighted by atomic mass is 10.1. The van der Waals surface area contributed by atoms with Gasteiger partial charge in [-0.25, -0.2) is 15.0 Å². The van der Waals surface area contributed by atoms with E-state index < -0.39 is 0 Å². The van der Waals surface area contributed by atoms with E-state index in [1.54, 1.807) is 23.4 Å². The van der Waals surface area contributed by atoms with Crippen LogP contribution >= 0.6 is 0 Å². The Bertz CT molecular complexity index is 1540. The Kier molecular flexibility index (Phi) is 3.74. The van der Waals surface area contributed by atoms with Crippen molar-refractivity contribution in [2.24, 2.45) is 7.05 Å². The summed E-state index contributed by atoms with van der Waals surface area (Å²) < 4.78 is 6.88. The van der Waals surface area contributed by atoms with Crippen LogP contribution in [-0.4, -0.2) is 45.0 Å². The fourth-order valence-corrected chi connectivity index (χ4v) is 3.75. The van der Waals surface area contributed by atoms with E-state index >= 15 is 0 Å². The van der Waals surface area contributed by atoms with E-state index in [0.29, 0.717) is 34.1 Å². The second-order valence-electron chi connectivity index (χ2n) is 7.14. The van der Waals surface area contributed by atoms with Gasteiger partial charge in [0.2, 0.25) is 0 Å². The number of aromatic amines is 2. The zero-order valence-corrected chi connectivity index (χ0v) is 16.4. The topological polar surface area (TPSA) is 134 Å². The first-order valence-electron chi connectivity index (χ1n) is 9.58. The lowest BCUT2D eigenvalue weighted by molar-refractivity contribution is 0.276. The molecule has 0 saturated heterocycles. The summed E-state index contributed by atoms with van der Waals surface area (Å²) in [6.45, 7) is -0.167. The third-order valence-electron chi connectivity index (χ3n) is 5.18. The quantitative estimate of drug-likeness (QED) is 0.405. The summed E-state index contributed by atoms with van der Waals surface area (Å²) in [6.07, 6.45) is 6.86. The molecule has 6 heterocycles. The first kappa shape index (κ1) is 17.5. The van der Waals surface area contributed by atoms with Crippen LogP contribution in [-0.2, 0) is 13.7 Å². The van der Waals surface area contributed by atoms with Gasteiger partial charge in [-0.2, -0.15) is 10.2 Å². The number of pyridine rings is 2. The van der Waals surface area contributed by atoms with Crippen LogP contribution in [0.2, 0.25) is 0 Å². The van der Waals surface area contributed by atoms with Crippen molar-refractivity contribution < 1.29 is 9.52 Å². The highest BCUT2D eigenvalue weighted by molar-refractivity contribution is 5.94. The van der Waals surface area contributed by atoms with Crippen LogP contribution in [0, 0.1) is 0 Å². The maximum Gasteiger partial charge on any atom is 0.162 e. The SMILES string of the molecule is Cn1cc(-c2ccc3[nH]nc(-c4nc5c(-c6ccoc6)ccnc5[nH]4)c3n2)c(CO)n1. The number of aliphatic hydroxyl groups is 1. The predicted molar refractivity (Wildman–Crippen MR) is 113 cm³/mol. The van der Waals surface area contributed by atoms with Gasteiger partial charge in [0.25, 0.3) is 0 Å². The number of hydrogen-bond donors (Lipinski definition) is 3. The molecule has 0 atom stereocenters. The van der Waals surface area contributed by atoms with Crippen molar-refractivity contribution in [3.8, 4) is 33.9 Å². The number of furan rings is 1. The highest BCUT2D eigenvalue weighted by Gasteiger charge is 2.18. The number of aliphatic hydroxyl groups excluding tert-OH is 1. The van der Waals surface area contributed by atoms with Gasteiger partial charge in [0, 0.05) is 36.1 Å². The molecule has 0 fully saturated rings. The van der Waals surface area contributed by atoms with Gasteiger partial charge < -0.3 is 14.5 Å². The number of nitrogens with one attached hydrogen (secondary N) is 2. The van der Waals surface area contributed by atoms with E-state index in [1.165, 1.54) is 0 Å². The summed E-state index contributed by atoms with van der Waals surface area (Å²) in [5, 5.41) is 21.4. The third-order valence-corrected chi connectivity index (χ3v) is 5.18. The van der Waals surface area contributed by atoms with E-state index in [0.717, 1.165) is 27.7 Å². The number of nitrogens with zero attached hydrogens (tertiary/aromatic N) is 6. The van der Waals surface area contributed by atoms with Crippen molar-refractivity contribution in [1.29, 1.82) is 0 Å². The normalized spacial score (nSPS) is 11.7. The van der Waals surface area contributed by atoms with Gasteiger partial charge in [-0.15, -0.1) is 0 Å². The van der Waals surface area contributed by atoms with E-state index in [2.05, 4.69) is 25.3 Å². The molecule has 152 valence electrons. The van der Waals surface area contributed by atoms with E-state index in [-0.39, 0.29) is 6.61 Å². The molecule has 6 rings (SSSR count). The Morgan fingerprint density at radius 3 is 2.87 bits per heavy atom. The smallest absolute Gasteiger partial charge is 0.162 e. The number of rotatable bonds is 4. The molecule has 0 aliphatic heterocycles. The Hall–Kier alpha value is -4.31. The minimum absolute atomic E-state index is 0.167. The fourth-order valence-electron chi connectivity index (χ4n) is 3.75. The number of imidazole rings is 1. The summed E-state index contributed by atoms with van der Waals surface area (Å²) >= 11 is 0. The van der Waals surface area contributed by atoms with Gasteiger partial charge >= 0.3 is 0 Å². The molecular weight excluding hydrogens is 396 g/mol. The number of aromatic nitrogens is 8. The molecular formula is C21H16N8O2. The molecule has 0 aliphatic carbocycles. The molecule has 0 spiro atoms. The van der Waals surface area contributed by atoms with Gasteiger partial charge in [-0.1, -0.05) is 0 Å². The van der Waals surface area contributed by atoms with Crippen LogP contribution in [0.15, 0.2) is 53.6 Å². The van der Waals surface area contributed by atoms with Crippen molar-refractivity contribution in [3.63, 3.8) is 0 Å². The molecule has 6 aromatic heterocycles. The predicted octanol–water partition coefficient (Wildman–Crippen LogP) is 3.05. The first-order valence-corrected chi connectivity index (χ1v) is 9.58. The lowest BCUT2D eigenvalue weighted by Crippen LogP contribution is -1.92. The Morgan fingerprint density at radius 1 is 1.10 bits per heavy atom. The molecule has 0 bridgehead atoms. The third kappa shape index (κ3) is 2.73. The Morgan fingerprint density at radius 2 is 2.03 bits per heavy atom. The molecule has 10 heteroatoms. The summed E-state index contributed by atoms with van der Waals surface area (Å²) in [4.78, 5) is 17.2. The monoisotopic (exact) mass is 412 g/mol. The molecule has 0 saturated carbocycles. The zero-order chi connectivity index (χ0) is 20.9. The second kappa shape index (κ2) is 6.61. The minimum atomic E-state index is -0.167. The van der Waals surface area contributed by atoms with Gasteiger partial charge in [-0.3, -0.25) is 9.78 Å². The van der Waals surface area contributed by atoms with Crippen molar-refractivity contribution in [3.05, 3.63) is 54.9 Å². The van der Waals surface area contributed by atoms with Crippen molar-refractivity contribution in [2.45, 2.75) is 6.61 Å². The van der Waals surface area contributed by atoms with Crippen molar-refractivity contribution in [1.82, 2.24) is 39.9 Å². The largest absolute Gasteiger partial charge is 0.472 e. The van der Waals surface area contributed by atoms with Crippen LogP contribution < -0.4 is 0 Å². The minimum Gasteiger partial charge on any atom is -0.472 e. The van der Waals surface area contributed by atoms with E-state index in [9.17, 15) is 5.11 Å². The Labute approximate surface area is 174 Å². The second-order valence-corrected chi connectivity index (χ2v) is 7.14. The summed E-state index contributed by atoms with van der Waals surface area (Å²) in [5.41, 5.74) is 7.26. The molecule has 3 N–H and O–H groups in total. The van der Waals surface area contributed by atoms with Gasteiger partial charge in [0.1, 0.15) is 11.0 Å². The van der Waals surface area contributed by atoms with Crippen molar-refractivity contribution in [2.75, 3.05) is 0 Å². The van der Waals surface area contributed by atoms with E-state index in [4.69, 9.17) is 14.4 Å². The number of hydrogen-bond acceptors (Lipinski definition) is 7. The first-order chi connectivity index (χ1) is 15.2. The summed E-state index contributed by atoms with van der Waals surface area (Å²) in [5.74, 6) is 0.558. The van der Waals surface area contributed by atoms with Crippen LogP contribution in [0.5, 0.6) is 0 Å².